The van der Waals surface area contributed by atoms with Crippen LogP contribution in [0.1, 0.15) is 73.1 Å². The molecule has 1 fully saturated rings. The minimum Gasteiger partial charge on any atom is -0.361 e. The van der Waals surface area contributed by atoms with E-state index < -0.39 is 0 Å². The SMILES string of the molecule is CCc1cc([C@H]2CC[C@H](c3nnc4n3-c3ccc(Cl)cc3CN(C)C4)CC2)no1. The Hall–Kier alpha value is -2.18. The van der Waals surface area contributed by atoms with Crippen molar-refractivity contribution in [2.24, 2.45) is 0 Å². The standard InChI is InChI=1S/C22H26ClN5O/c1-3-18-11-19(26-29-18)14-4-6-15(7-5-14)22-25-24-21-13-27(2)12-16-10-17(23)8-9-20(16)28(21)22/h8-11,14-15H,3-7,12-13H2,1-2H3/t14-,15-. The van der Waals surface area contributed by atoms with Gasteiger partial charge in [-0.05, 0) is 56.5 Å². The number of aryl methyl sites for hydroxylation is 1. The van der Waals surface area contributed by atoms with Crippen LogP contribution < -0.4 is 0 Å². The maximum atomic E-state index is 6.28. The molecule has 6 nitrogen and oxygen atoms in total. The quantitative estimate of drug-likeness (QED) is 0.616. The van der Waals surface area contributed by atoms with E-state index >= 15 is 0 Å². The highest BCUT2D eigenvalue weighted by molar-refractivity contribution is 6.30. The lowest BCUT2D eigenvalue weighted by molar-refractivity contribution is 0.315. The Balaban J connectivity index is 1.42. The first kappa shape index (κ1) is 18.8. The molecular formula is C22H26ClN5O. The Bertz CT molecular complexity index is 1020. The molecule has 7 heteroatoms. The van der Waals surface area contributed by atoms with Gasteiger partial charge in [-0.25, -0.2) is 0 Å². The molecule has 0 unspecified atom stereocenters. The van der Waals surface area contributed by atoms with Crippen LogP contribution in [0.5, 0.6) is 0 Å². The predicted molar refractivity (Wildman–Crippen MR) is 111 cm³/mol. The number of fused-ring (bicyclic) bond motifs is 3. The molecule has 0 bridgehead atoms. The van der Waals surface area contributed by atoms with E-state index in [-0.39, 0.29) is 0 Å². The van der Waals surface area contributed by atoms with Crippen LogP contribution in [0, 0.1) is 0 Å². The summed E-state index contributed by atoms with van der Waals surface area (Å²) in [7, 11) is 2.11. The predicted octanol–water partition coefficient (Wildman–Crippen LogP) is 4.86. The summed E-state index contributed by atoms with van der Waals surface area (Å²) in [6.45, 7) is 3.74. The average Bonchev–Trinajstić information content (AvgIpc) is 3.33. The number of nitrogens with zero attached hydrogens (tertiary/aromatic N) is 5. The van der Waals surface area contributed by atoms with Crippen molar-refractivity contribution in [1.82, 2.24) is 24.8 Å². The van der Waals surface area contributed by atoms with E-state index in [9.17, 15) is 0 Å². The average molecular weight is 412 g/mol. The minimum absolute atomic E-state index is 0.414. The van der Waals surface area contributed by atoms with Gasteiger partial charge < -0.3 is 4.52 Å². The van der Waals surface area contributed by atoms with Gasteiger partial charge in [0, 0.05) is 35.9 Å². The van der Waals surface area contributed by atoms with Gasteiger partial charge in [-0.15, -0.1) is 10.2 Å². The Morgan fingerprint density at radius 1 is 1.07 bits per heavy atom. The van der Waals surface area contributed by atoms with Crippen molar-refractivity contribution in [2.45, 2.75) is 64.0 Å². The van der Waals surface area contributed by atoms with Gasteiger partial charge in [0.05, 0.1) is 17.9 Å². The molecule has 1 saturated carbocycles. The Labute approximate surface area is 175 Å². The molecule has 0 N–H and O–H groups in total. The van der Waals surface area contributed by atoms with Crippen molar-refractivity contribution in [2.75, 3.05) is 7.05 Å². The molecule has 1 aliphatic heterocycles. The van der Waals surface area contributed by atoms with Crippen molar-refractivity contribution in [3.8, 4) is 5.69 Å². The van der Waals surface area contributed by atoms with Crippen LogP contribution in [-0.4, -0.2) is 31.9 Å². The lowest BCUT2D eigenvalue weighted by Crippen LogP contribution is -2.17. The molecule has 152 valence electrons. The Morgan fingerprint density at radius 3 is 2.62 bits per heavy atom. The molecule has 3 aromatic rings. The number of aromatic nitrogens is 4. The zero-order chi connectivity index (χ0) is 20.0. The third-order valence-electron chi connectivity index (χ3n) is 6.33. The zero-order valence-electron chi connectivity index (χ0n) is 16.9. The molecule has 0 saturated heterocycles. The number of rotatable bonds is 3. The maximum absolute atomic E-state index is 6.28. The topological polar surface area (TPSA) is 60.0 Å². The minimum atomic E-state index is 0.414. The third kappa shape index (κ3) is 3.49. The molecular weight excluding hydrogens is 386 g/mol. The third-order valence-corrected chi connectivity index (χ3v) is 6.56. The maximum Gasteiger partial charge on any atom is 0.151 e. The lowest BCUT2D eigenvalue weighted by atomic mass is 9.80. The summed E-state index contributed by atoms with van der Waals surface area (Å²) in [5.41, 5.74) is 3.50. The summed E-state index contributed by atoms with van der Waals surface area (Å²) in [5, 5.41) is 14.3. The van der Waals surface area contributed by atoms with Crippen molar-refractivity contribution in [1.29, 1.82) is 0 Å². The van der Waals surface area contributed by atoms with Gasteiger partial charge in [0.25, 0.3) is 0 Å². The van der Waals surface area contributed by atoms with E-state index in [4.69, 9.17) is 16.1 Å². The highest BCUT2D eigenvalue weighted by Gasteiger charge is 2.31. The first-order valence-corrected chi connectivity index (χ1v) is 10.9. The van der Waals surface area contributed by atoms with Gasteiger partial charge in [0.1, 0.15) is 11.6 Å². The molecule has 2 aliphatic rings. The fourth-order valence-corrected chi connectivity index (χ4v) is 4.98. The first-order valence-electron chi connectivity index (χ1n) is 10.5. The summed E-state index contributed by atoms with van der Waals surface area (Å²) in [6, 6.07) is 8.27. The van der Waals surface area contributed by atoms with Gasteiger partial charge in [-0.2, -0.15) is 0 Å². The number of benzene rings is 1. The van der Waals surface area contributed by atoms with Crippen molar-refractivity contribution < 1.29 is 4.52 Å². The Kier molecular flexibility index (Phi) is 4.92. The fourth-order valence-electron chi connectivity index (χ4n) is 4.78. The van der Waals surface area contributed by atoms with Crippen LogP contribution in [0.2, 0.25) is 5.02 Å². The molecule has 2 aromatic heterocycles. The summed E-state index contributed by atoms with van der Waals surface area (Å²) < 4.78 is 7.70. The van der Waals surface area contributed by atoms with E-state index in [0.29, 0.717) is 11.8 Å². The lowest BCUT2D eigenvalue weighted by Gasteiger charge is -2.27. The van der Waals surface area contributed by atoms with Crippen LogP contribution in [0.4, 0.5) is 0 Å². The highest BCUT2D eigenvalue weighted by Crippen LogP contribution is 2.41. The van der Waals surface area contributed by atoms with Crippen LogP contribution >= 0.6 is 11.6 Å². The molecule has 3 heterocycles. The largest absolute Gasteiger partial charge is 0.361 e. The van der Waals surface area contributed by atoms with Crippen LogP contribution in [-0.2, 0) is 19.5 Å². The van der Waals surface area contributed by atoms with Crippen molar-refractivity contribution >= 4 is 11.6 Å². The summed E-state index contributed by atoms with van der Waals surface area (Å²) in [6.07, 6.45) is 5.30. The molecule has 0 atom stereocenters. The highest BCUT2D eigenvalue weighted by atomic mass is 35.5. The number of halogens is 1. The molecule has 0 radical (unpaired) electrons. The second-order valence-electron chi connectivity index (χ2n) is 8.38. The number of hydrogen-bond acceptors (Lipinski definition) is 5. The zero-order valence-corrected chi connectivity index (χ0v) is 17.7. The molecule has 0 amide bonds. The second kappa shape index (κ2) is 7.58. The van der Waals surface area contributed by atoms with E-state index in [1.54, 1.807) is 0 Å². The summed E-state index contributed by atoms with van der Waals surface area (Å²) in [4.78, 5) is 2.26. The molecule has 5 rings (SSSR count). The van der Waals surface area contributed by atoms with Crippen LogP contribution in [0.3, 0.4) is 0 Å². The molecule has 0 spiro atoms. The number of hydrogen-bond donors (Lipinski definition) is 0. The van der Waals surface area contributed by atoms with Gasteiger partial charge in [0.15, 0.2) is 5.82 Å². The van der Waals surface area contributed by atoms with Crippen LogP contribution in [0.25, 0.3) is 5.69 Å². The van der Waals surface area contributed by atoms with Gasteiger partial charge in [-0.1, -0.05) is 23.7 Å². The molecule has 1 aliphatic carbocycles. The van der Waals surface area contributed by atoms with E-state index in [1.165, 1.54) is 11.3 Å². The van der Waals surface area contributed by atoms with E-state index in [0.717, 1.165) is 73.3 Å². The van der Waals surface area contributed by atoms with Crippen molar-refractivity contribution in [3.63, 3.8) is 0 Å². The first-order chi connectivity index (χ1) is 14.1. The normalized spacial score (nSPS) is 22.2. The molecule has 29 heavy (non-hydrogen) atoms. The van der Waals surface area contributed by atoms with E-state index in [1.807, 2.05) is 6.07 Å². The van der Waals surface area contributed by atoms with Gasteiger partial charge in [0.2, 0.25) is 0 Å². The van der Waals surface area contributed by atoms with Gasteiger partial charge in [-0.3, -0.25) is 9.47 Å². The second-order valence-corrected chi connectivity index (χ2v) is 8.81. The van der Waals surface area contributed by atoms with Gasteiger partial charge >= 0.3 is 0 Å². The monoisotopic (exact) mass is 411 g/mol. The van der Waals surface area contributed by atoms with Crippen LogP contribution in [0.15, 0.2) is 28.8 Å². The smallest absolute Gasteiger partial charge is 0.151 e. The molecule has 1 aromatic carbocycles. The summed E-state index contributed by atoms with van der Waals surface area (Å²) in [5.74, 6) is 3.97. The van der Waals surface area contributed by atoms with Crippen molar-refractivity contribution in [3.05, 3.63) is 58.0 Å². The Morgan fingerprint density at radius 2 is 1.86 bits per heavy atom. The van der Waals surface area contributed by atoms with E-state index in [2.05, 4.69) is 57.0 Å². The summed E-state index contributed by atoms with van der Waals surface area (Å²) >= 11 is 6.28. The fraction of sp³-hybridized carbons (Fsp3) is 0.500.